The van der Waals surface area contributed by atoms with Crippen molar-refractivity contribution < 1.29 is 49.0 Å². The Morgan fingerprint density at radius 1 is 1.50 bits per heavy atom. The van der Waals surface area contributed by atoms with E-state index in [-0.39, 0.29) is 42.4 Å². The molecule has 0 saturated heterocycles. The molecule has 0 heterocycles. The normalized spacial score (nSPS) is 10.6. The van der Waals surface area contributed by atoms with Crippen LogP contribution in [-0.2, 0) is 14.3 Å². The molecule has 0 radical (unpaired) electrons. The molecule has 0 spiro atoms. The number of carbonyl (C=O) groups is 2. The van der Waals surface area contributed by atoms with Gasteiger partial charge in [0.05, 0.1) is 6.42 Å². The summed E-state index contributed by atoms with van der Waals surface area (Å²) in [6.07, 6.45) is 4.46. The number of hydrogen-bond donors (Lipinski definition) is 0. The van der Waals surface area contributed by atoms with Crippen LogP contribution >= 0.6 is 0 Å². The van der Waals surface area contributed by atoms with E-state index >= 15 is 0 Å². The Bertz CT molecular complexity index is 231. The van der Waals surface area contributed by atoms with Crippen LogP contribution in [0.5, 0.6) is 0 Å². The predicted molar refractivity (Wildman–Crippen MR) is 43.2 cm³/mol. The summed E-state index contributed by atoms with van der Waals surface area (Å²) in [7, 11) is 0. The number of ether oxygens (including phenoxy) is 1. The van der Waals surface area contributed by atoms with E-state index in [2.05, 4.69) is 5.92 Å². The standard InChI is InChI=1S/C9H12O4.Na/c1-3-7(4-2)13-9(12)6-5-8(10)11;/h1,7H,4-6H2,2H3,(H,10,11);/q;+1/p-1. The maximum Gasteiger partial charge on any atom is 1.00 e. The Morgan fingerprint density at radius 3 is 2.43 bits per heavy atom. The fourth-order valence-corrected chi connectivity index (χ4v) is 0.657. The second kappa shape index (κ2) is 9.07. The summed E-state index contributed by atoms with van der Waals surface area (Å²) >= 11 is 0. The Hall–Kier alpha value is -0.500. The number of terminal acetylenes is 1. The molecular weight excluding hydrogens is 195 g/mol. The molecule has 0 aliphatic heterocycles. The molecule has 1 unspecified atom stereocenters. The zero-order valence-electron chi connectivity index (χ0n) is 8.41. The van der Waals surface area contributed by atoms with Crippen LogP contribution in [0.1, 0.15) is 26.2 Å². The van der Waals surface area contributed by atoms with Gasteiger partial charge < -0.3 is 14.6 Å². The zero-order valence-corrected chi connectivity index (χ0v) is 10.4. The van der Waals surface area contributed by atoms with Crippen LogP contribution in [0, 0.1) is 12.3 Å². The summed E-state index contributed by atoms with van der Waals surface area (Å²) in [5.41, 5.74) is 0. The fourth-order valence-electron chi connectivity index (χ4n) is 0.657. The Kier molecular flexibility index (Phi) is 10.3. The molecule has 0 amide bonds. The zero-order chi connectivity index (χ0) is 10.3. The maximum atomic E-state index is 10.9. The van der Waals surface area contributed by atoms with Crippen LogP contribution in [0.4, 0.5) is 0 Å². The van der Waals surface area contributed by atoms with Gasteiger partial charge in [-0.15, -0.1) is 6.42 Å². The Labute approximate surface area is 105 Å². The summed E-state index contributed by atoms with van der Waals surface area (Å²) in [5, 5.41) is 9.97. The van der Waals surface area contributed by atoms with Crippen LogP contribution in [0.15, 0.2) is 0 Å². The van der Waals surface area contributed by atoms with E-state index in [0.29, 0.717) is 6.42 Å². The number of carbonyl (C=O) groups excluding carboxylic acids is 2. The van der Waals surface area contributed by atoms with E-state index in [1.54, 1.807) is 6.92 Å². The second-order valence-electron chi connectivity index (χ2n) is 2.43. The molecule has 0 aliphatic rings. The number of rotatable bonds is 5. The molecule has 72 valence electrons. The number of carboxylic acids is 1. The summed E-state index contributed by atoms with van der Waals surface area (Å²) < 4.78 is 4.73. The molecule has 0 aromatic rings. The number of esters is 1. The fraction of sp³-hybridized carbons (Fsp3) is 0.556. The van der Waals surface area contributed by atoms with E-state index < -0.39 is 18.0 Å². The SMILES string of the molecule is C#CC(CC)OC(=O)CCC(=O)[O-].[Na+]. The van der Waals surface area contributed by atoms with Gasteiger partial charge in [-0.2, -0.15) is 0 Å². The van der Waals surface area contributed by atoms with Crippen LogP contribution in [0.25, 0.3) is 0 Å². The summed E-state index contributed by atoms with van der Waals surface area (Å²) in [5.74, 6) is 0.389. The number of carboxylic acid groups (broad SMARTS) is 1. The van der Waals surface area contributed by atoms with E-state index in [1.807, 2.05) is 0 Å². The molecule has 4 nitrogen and oxygen atoms in total. The summed E-state index contributed by atoms with van der Waals surface area (Å²) in [6, 6.07) is 0. The minimum absolute atomic E-state index is 0. The number of aliphatic carboxylic acids is 1. The Balaban J connectivity index is 0. The topological polar surface area (TPSA) is 66.4 Å². The average molecular weight is 206 g/mol. The van der Waals surface area contributed by atoms with Crippen molar-refractivity contribution in [1.82, 2.24) is 0 Å². The second-order valence-corrected chi connectivity index (χ2v) is 2.43. The van der Waals surface area contributed by atoms with Crippen molar-refractivity contribution in [1.29, 1.82) is 0 Å². The van der Waals surface area contributed by atoms with E-state index in [0.717, 1.165) is 0 Å². The van der Waals surface area contributed by atoms with E-state index in [9.17, 15) is 14.7 Å². The first-order chi connectivity index (χ1) is 6.10. The third kappa shape index (κ3) is 8.11. The molecule has 0 bridgehead atoms. The van der Waals surface area contributed by atoms with E-state index in [1.165, 1.54) is 0 Å². The third-order valence-corrected chi connectivity index (χ3v) is 1.36. The van der Waals surface area contributed by atoms with Gasteiger partial charge in [0.2, 0.25) is 0 Å². The van der Waals surface area contributed by atoms with Crippen molar-refractivity contribution in [2.24, 2.45) is 0 Å². The van der Waals surface area contributed by atoms with Crippen LogP contribution in [0.2, 0.25) is 0 Å². The van der Waals surface area contributed by atoms with Gasteiger partial charge in [-0.1, -0.05) is 12.8 Å². The van der Waals surface area contributed by atoms with Gasteiger partial charge in [0, 0.05) is 5.97 Å². The molecular formula is C9H11NaO4. The first kappa shape index (κ1) is 15.9. The molecule has 0 N–H and O–H groups in total. The van der Waals surface area contributed by atoms with Gasteiger partial charge in [0.25, 0.3) is 0 Å². The average Bonchev–Trinajstić information content (AvgIpc) is 2.10. The van der Waals surface area contributed by atoms with Crippen LogP contribution in [-0.4, -0.2) is 18.0 Å². The molecule has 0 aromatic heterocycles. The molecule has 1 atom stereocenters. The Morgan fingerprint density at radius 2 is 2.07 bits per heavy atom. The van der Waals surface area contributed by atoms with Crippen LogP contribution in [0.3, 0.4) is 0 Å². The van der Waals surface area contributed by atoms with Crippen molar-refractivity contribution in [2.45, 2.75) is 32.3 Å². The van der Waals surface area contributed by atoms with Gasteiger partial charge in [0.1, 0.15) is 0 Å². The van der Waals surface area contributed by atoms with Crippen molar-refractivity contribution in [2.75, 3.05) is 0 Å². The molecule has 0 aliphatic carbocycles. The first-order valence-corrected chi connectivity index (χ1v) is 3.95. The first-order valence-electron chi connectivity index (χ1n) is 3.95. The van der Waals surface area contributed by atoms with Gasteiger partial charge >= 0.3 is 35.5 Å². The predicted octanol–water partition coefficient (Wildman–Crippen LogP) is -3.52. The minimum atomic E-state index is -1.27. The van der Waals surface area contributed by atoms with Crippen molar-refractivity contribution >= 4 is 11.9 Å². The largest absolute Gasteiger partial charge is 1.00 e. The molecule has 0 rings (SSSR count). The van der Waals surface area contributed by atoms with Gasteiger partial charge in [-0.3, -0.25) is 4.79 Å². The molecule has 0 saturated carbocycles. The van der Waals surface area contributed by atoms with Crippen LogP contribution < -0.4 is 34.7 Å². The quantitative estimate of drug-likeness (QED) is 0.266. The molecule has 14 heavy (non-hydrogen) atoms. The minimum Gasteiger partial charge on any atom is -0.550 e. The number of hydrogen-bond acceptors (Lipinski definition) is 4. The monoisotopic (exact) mass is 206 g/mol. The van der Waals surface area contributed by atoms with Gasteiger partial charge in [-0.25, -0.2) is 0 Å². The van der Waals surface area contributed by atoms with Gasteiger partial charge in [-0.05, 0) is 12.8 Å². The maximum absolute atomic E-state index is 10.9. The van der Waals surface area contributed by atoms with Gasteiger partial charge in [0.15, 0.2) is 6.10 Å². The summed E-state index contributed by atoms with van der Waals surface area (Å²) in [6.45, 7) is 1.77. The smallest absolute Gasteiger partial charge is 0.550 e. The van der Waals surface area contributed by atoms with Crippen molar-refractivity contribution in [3.8, 4) is 12.3 Å². The third-order valence-electron chi connectivity index (χ3n) is 1.36. The molecule has 5 heteroatoms. The molecule has 0 aromatic carbocycles. The van der Waals surface area contributed by atoms with Crippen molar-refractivity contribution in [3.63, 3.8) is 0 Å². The van der Waals surface area contributed by atoms with E-state index in [4.69, 9.17) is 11.2 Å². The summed E-state index contributed by atoms with van der Waals surface area (Å²) in [4.78, 5) is 20.8. The van der Waals surface area contributed by atoms with Crippen molar-refractivity contribution in [3.05, 3.63) is 0 Å². The molecule has 0 fully saturated rings.